The zero-order valence-corrected chi connectivity index (χ0v) is 11.5. The average molecular weight is 254 g/mol. The first-order valence-corrected chi connectivity index (χ1v) is 7.27. The van der Waals surface area contributed by atoms with Crippen LogP contribution in [0.3, 0.4) is 0 Å². The van der Waals surface area contributed by atoms with Crippen LogP contribution in [0.15, 0.2) is 5.38 Å². The van der Waals surface area contributed by atoms with Crippen LogP contribution in [0.2, 0.25) is 0 Å². The number of anilines is 1. The number of hydrogen-bond acceptors (Lipinski definition) is 5. The van der Waals surface area contributed by atoms with Crippen LogP contribution in [0.25, 0.3) is 0 Å². The van der Waals surface area contributed by atoms with Crippen LogP contribution in [-0.4, -0.2) is 47.0 Å². The van der Waals surface area contributed by atoms with Crippen molar-refractivity contribution in [2.75, 3.05) is 31.9 Å². The second-order valence-electron chi connectivity index (χ2n) is 4.58. The van der Waals surface area contributed by atoms with E-state index in [-0.39, 0.29) is 0 Å². The highest BCUT2D eigenvalue weighted by Crippen LogP contribution is 2.19. The predicted octanol–water partition coefficient (Wildman–Crippen LogP) is 1.64. The van der Waals surface area contributed by atoms with E-state index in [9.17, 15) is 0 Å². The van der Waals surface area contributed by atoms with Crippen molar-refractivity contribution in [1.29, 1.82) is 0 Å². The molecule has 0 aliphatic carbocycles. The van der Waals surface area contributed by atoms with Crippen molar-refractivity contribution in [2.24, 2.45) is 0 Å². The van der Waals surface area contributed by atoms with Gasteiger partial charge in [0.25, 0.3) is 0 Å². The molecule has 2 N–H and O–H groups in total. The lowest BCUT2D eigenvalue weighted by molar-refractivity contribution is 0.208. The molecule has 2 rings (SSSR count). The monoisotopic (exact) mass is 254 g/mol. The van der Waals surface area contributed by atoms with Crippen molar-refractivity contribution in [2.45, 2.75) is 32.9 Å². The summed E-state index contributed by atoms with van der Waals surface area (Å²) in [6, 6.07) is 0.723. The molecule has 0 spiro atoms. The largest absolute Gasteiger partial charge is 0.375 e. The van der Waals surface area contributed by atoms with Crippen molar-refractivity contribution < 1.29 is 0 Å². The molecule has 1 aromatic heterocycles. The molecule has 1 aliphatic rings. The first-order chi connectivity index (χ1) is 8.22. The number of hydrogen-bond donors (Lipinski definition) is 1. The Bertz CT molecular complexity index is 348. The fourth-order valence-electron chi connectivity index (χ4n) is 2.62. The van der Waals surface area contributed by atoms with E-state index in [0.29, 0.717) is 5.13 Å². The quantitative estimate of drug-likeness (QED) is 0.867. The van der Waals surface area contributed by atoms with E-state index >= 15 is 0 Å². The number of nitrogens with zero attached hydrogens (tertiary/aromatic N) is 3. The second-order valence-corrected chi connectivity index (χ2v) is 5.47. The number of likely N-dealkylation sites (N-methyl/N-ethyl adjacent to an activating group) is 1. The Hall–Kier alpha value is -0.650. The van der Waals surface area contributed by atoms with Crippen molar-refractivity contribution in [3.05, 3.63) is 11.1 Å². The van der Waals surface area contributed by atoms with Gasteiger partial charge >= 0.3 is 0 Å². The van der Waals surface area contributed by atoms with Gasteiger partial charge in [0.15, 0.2) is 5.13 Å². The van der Waals surface area contributed by atoms with Crippen LogP contribution in [0, 0.1) is 0 Å². The van der Waals surface area contributed by atoms with Crippen LogP contribution >= 0.6 is 11.3 Å². The number of rotatable bonds is 5. The van der Waals surface area contributed by atoms with Crippen LogP contribution in [0.1, 0.15) is 26.0 Å². The highest BCUT2D eigenvalue weighted by Gasteiger charge is 2.26. The Kier molecular flexibility index (Phi) is 4.36. The maximum atomic E-state index is 5.65. The van der Waals surface area contributed by atoms with E-state index in [0.717, 1.165) is 31.4 Å². The van der Waals surface area contributed by atoms with Crippen LogP contribution in [-0.2, 0) is 6.54 Å². The number of nitrogens with two attached hydrogens (primary N) is 1. The van der Waals surface area contributed by atoms with Gasteiger partial charge in [-0.2, -0.15) is 0 Å². The molecule has 1 aromatic rings. The van der Waals surface area contributed by atoms with E-state index in [4.69, 9.17) is 5.73 Å². The van der Waals surface area contributed by atoms with Crippen molar-refractivity contribution >= 4 is 16.5 Å². The summed E-state index contributed by atoms with van der Waals surface area (Å²) < 4.78 is 0. The summed E-state index contributed by atoms with van der Waals surface area (Å²) in [5.41, 5.74) is 6.77. The smallest absolute Gasteiger partial charge is 0.180 e. The molecule has 17 heavy (non-hydrogen) atoms. The molecule has 1 fully saturated rings. The lowest BCUT2D eigenvalue weighted by Crippen LogP contribution is -2.37. The zero-order chi connectivity index (χ0) is 12.3. The van der Waals surface area contributed by atoms with Gasteiger partial charge in [0.05, 0.1) is 5.69 Å². The minimum absolute atomic E-state index is 0.680. The highest BCUT2D eigenvalue weighted by molar-refractivity contribution is 7.13. The van der Waals surface area contributed by atoms with Crippen molar-refractivity contribution in [1.82, 2.24) is 14.8 Å². The molecular weight excluding hydrogens is 232 g/mol. The van der Waals surface area contributed by atoms with E-state index in [1.165, 1.54) is 30.8 Å². The molecule has 1 saturated heterocycles. The summed E-state index contributed by atoms with van der Waals surface area (Å²) in [4.78, 5) is 9.36. The summed E-state index contributed by atoms with van der Waals surface area (Å²) in [6.45, 7) is 10.1. The van der Waals surface area contributed by atoms with Crippen LogP contribution < -0.4 is 5.73 Å². The van der Waals surface area contributed by atoms with Gasteiger partial charge in [-0.05, 0) is 19.5 Å². The third-order valence-electron chi connectivity index (χ3n) is 3.53. The topological polar surface area (TPSA) is 45.4 Å². The predicted molar refractivity (Wildman–Crippen MR) is 73.1 cm³/mol. The summed E-state index contributed by atoms with van der Waals surface area (Å²) in [7, 11) is 0. The Morgan fingerprint density at radius 3 is 2.88 bits per heavy atom. The van der Waals surface area contributed by atoms with E-state index in [1.807, 2.05) is 0 Å². The van der Waals surface area contributed by atoms with Crippen LogP contribution in [0.4, 0.5) is 5.13 Å². The van der Waals surface area contributed by atoms with Gasteiger partial charge in [0, 0.05) is 31.1 Å². The maximum Gasteiger partial charge on any atom is 0.180 e. The summed E-state index contributed by atoms with van der Waals surface area (Å²) in [5.74, 6) is 0. The SMILES string of the molecule is CCN(CC)C1CCN(Cc2csc(N)n2)C1. The molecule has 0 aromatic carbocycles. The Balaban J connectivity index is 1.85. The number of thiazole rings is 1. The minimum Gasteiger partial charge on any atom is -0.375 e. The summed E-state index contributed by atoms with van der Waals surface area (Å²) in [6.07, 6.45) is 1.28. The van der Waals surface area contributed by atoms with Gasteiger partial charge < -0.3 is 5.73 Å². The van der Waals surface area contributed by atoms with Gasteiger partial charge in [-0.25, -0.2) is 4.98 Å². The summed E-state index contributed by atoms with van der Waals surface area (Å²) >= 11 is 1.53. The van der Waals surface area contributed by atoms with E-state index < -0.39 is 0 Å². The number of likely N-dealkylation sites (tertiary alicyclic amines) is 1. The molecule has 2 heterocycles. The normalized spacial score (nSPS) is 21.5. The molecule has 4 nitrogen and oxygen atoms in total. The highest BCUT2D eigenvalue weighted by atomic mass is 32.1. The lowest BCUT2D eigenvalue weighted by Gasteiger charge is -2.26. The Morgan fingerprint density at radius 1 is 1.53 bits per heavy atom. The van der Waals surface area contributed by atoms with Crippen molar-refractivity contribution in [3.63, 3.8) is 0 Å². The van der Waals surface area contributed by atoms with Crippen LogP contribution in [0.5, 0.6) is 0 Å². The van der Waals surface area contributed by atoms with E-state index in [2.05, 4.69) is 34.0 Å². The zero-order valence-electron chi connectivity index (χ0n) is 10.7. The molecule has 5 heteroatoms. The second kappa shape index (κ2) is 5.80. The molecule has 1 aliphatic heterocycles. The van der Waals surface area contributed by atoms with Gasteiger partial charge in [-0.15, -0.1) is 11.3 Å². The van der Waals surface area contributed by atoms with Gasteiger partial charge in [0.1, 0.15) is 0 Å². The maximum absolute atomic E-state index is 5.65. The number of nitrogen functional groups attached to an aromatic ring is 1. The molecule has 0 saturated carbocycles. The average Bonchev–Trinajstić information content (AvgIpc) is 2.91. The molecule has 0 bridgehead atoms. The fourth-order valence-corrected chi connectivity index (χ4v) is 3.17. The molecule has 1 atom stereocenters. The third-order valence-corrected chi connectivity index (χ3v) is 4.25. The Morgan fingerprint density at radius 2 is 2.29 bits per heavy atom. The number of aromatic nitrogens is 1. The fraction of sp³-hybridized carbons (Fsp3) is 0.750. The van der Waals surface area contributed by atoms with E-state index in [1.54, 1.807) is 0 Å². The minimum atomic E-state index is 0.680. The molecule has 0 radical (unpaired) electrons. The molecular formula is C12H22N4S. The van der Waals surface area contributed by atoms with Gasteiger partial charge in [0.2, 0.25) is 0 Å². The van der Waals surface area contributed by atoms with Gasteiger partial charge in [-0.1, -0.05) is 13.8 Å². The lowest BCUT2D eigenvalue weighted by atomic mass is 10.2. The first kappa shape index (κ1) is 12.8. The summed E-state index contributed by atoms with van der Waals surface area (Å²) in [5, 5.41) is 2.75. The third kappa shape index (κ3) is 3.18. The molecule has 1 unspecified atom stereocenters. The standard InChI is InChI=1S/C12H22N4S/c1-3-16(4-2)11-5-6-15(8-11)7-10-9-17-12(13)14-10/h9,11H,3-8H2,1-2H3,(H2,13,14). The first-order valence-electron chi connectivity index (χ1n) is 6.39. The molecule has 0 amide bonds. The van der Waals surface area contributed by atoms with Crippen molar-refractivity contribution in [3.8, 4) is 0 Å². The Labute approximate surface area is 107 Å². The molecule has 96 valence electrons. The van der Waals surface area contributed by atoms with Gasteiger partial charge in [-0.3, -0.25) is 9.80 Å².